The summed E-state index contributed by atoms with van der Waals surface area (Å²) in [6, 6.07) is 3.35. The molecule has 2 N–H and O–H groups in total. The second-order valence-electron chi connectivity index (χ2n) is 5.23. The Kier molecular flexibility index (Phi) is 4.54. The number of H-pyrrole nitrogens is 2. The molecule has 0 aliphatic heterocycles. The molecule has 116 valence electrons. The van der Waals surface area contributed by atoms with Gasteiger partial charge < -0.3 is 14.6 Å². The van der Waals surface area contributed by atoms with Crippen molar-refractivity contribution in [1.82, 2.24) is 9.97 Å². The van der Waals surface area contributed by atoms with Crippen molar-refractivity contribution in [3.05, 3.63) is 52.1 Å². The molecule has 2 aromatic heterocycles. The lowest BCUT2D eigenvalue weighted by Crippen LogP contribution is -2.07. The molecule has 0 amide bonds. The van der Waals surface area contributed by atoms with E-state index in [2.05, 4.69) is 14.6 Å². The van der Waals surface area contributed by atoms with Gasteiger partial charge in [0.2, 0.25) is 5.78 Å². The van der Waals surface area contributed by atoms with E-state index in [4.69, 9.17) is 0 Å². The fourth-order valence-corrected chi connectivity index (χ4v) is 2.06. The summed E-state index contributed by atoms with van der Waals surface area (Å²) in [6.45, 7) is 7.36. The molecule has 0 aromatic carbocycles. The quantitative estimate of drug-likeness (QED) is 0.382. The zero-order valence-corrected chi connectivity index (χ0v) is 12.9. The first kappa shape index (κ1) is 16.1. The second-order valence-corrected chi connectivity index (χ2v) is 5.23. The van der Waals surface area contributed by atoms with Gasteiger partial charge in [0.15, 0.2) is 0 Å². The molecule has 0 aliphatic carbocycles. The van der Waals surface area contributed by atoms with Crippen LogP contribution in [0.25, 0.3) is 5.76 Å². The van der Waals surface area contributed by atoms with Crippen molar-refractivity contribution in [2.75, 3.05) is 0 Å². The fourth-order valence-electron chi connectivity index (χ4n) is 2.06. The standard InChI is InChI=1S/C15H17BF2N2O2/c1-8-5-12(19-10(8)3)14(21)7-15(22-16(17)18)13-6-9(2)11(4)20-13/h5-7,19-20H,1-4H3/b15-7-. The van der Waals surface area contributed by atoms with Crippen molar-refractivity contribution in [2.45, 2.75) is 27.7 Å². The third-order valence-electron chi connectivity index (χ3n) is 3.56. The molecule has 0 radical (unpaired) electrons. The number of ketones is 1. The Morgan fingerprint density at radius 3 is 1.95 bits per heavy atom. The molecule has 0 saturated heterocycles. The molecule has 2 heterocycles. The van der Waals surface area contributed by atoms with Crippen molar-refractivity contribution in [3.63, 3.8) is 0 Å². The van der Waals surface area contributed by atoms with E-state index in [1.54, 1.807) is 12.1 Å². The van der Waals surface area contributed by atoms with E-state index in [9.17, 15) is 13.4 Å². The largest absolute Gasteiger partial charge is 0.796 e. The van der Waals surface area contributed by atoms with E-state index < -0.39 is 13.3 Å². The first-order valence-corrected chi connectivity index (χ1v) is 6.81. The number of allylic oxidation sites excluding steroid dienone is 1. The smallest absolute Gasteiger partial charge is 0.503 e. The van der Waals surface area contributed by atoms with Crippen molar-refractivity contribution < 1.29 is 18.1 Å². The van der Waals surface area contributed by atoms with E-state index in [1.165, 1.54) is 0 Å². The Morgan fingerprint density at radius 1 is 1.05 bits per heavy atom. The van der Waals surface area contributed by atoms with Gasteiger partial charge in [-0.1, -0.05) is 0 Å². The maximum Gasteiger partial charge on any atom is 0.796 e. The highest BCUT2D eigenvalue weighted by Crippen LogP contribution is 2.21. The summed E-state index contributed by atoms with van der Waals surface area (Å²) in [5.74, 6) is -0.599. The van der Waals surface area contributed by atoms with Crippen LogP contribution in [0.2, 0.25) is 0 Å². The number of aromatic nitrogens is 2. The van der Waals surface area contributed by atoms with Gasteiger partial charge in [0, 0.05) is 17.5 Å². The second kappa shape index (κ2) is 6.21. The molecule has 4 nitrogen and oxygen atoms in total. The topological polar surface area (TPSA) is 57.9 Å². The molecule has 2 aromatic rings. The van der Waals surface area contributed by atoms with Crippen molar-refractivity contribution in [1.29, 1.82) is 0 Å². The molecular formula is C15H17BF2N2O2. The summed E-state index contributed by atoms with van der Waals surface area (Å²) in [5.41, 5.74) is 4.21. The fraction of sp³-hybridized carbons (Fsp3) is 0.267. The van der Waals surface area contributed by atoms with E-state index in [-0.39, 0.29) is 5.76 Å². The predicted molar refractivity (Wildman–Crippen MR) is 81.9 cm³/mol. The summed E-state index contributed by atoms with van der Waals surface area (Å²) in [6.07, 6.45) is 1.07. The molecule has 0 bridgehead atoms. The minimum absolute atomic E-state index is 0.180. The molecule has 0 unspecified atom stereocenters. The maximum atomic E-state index is 12.6. The van der Waals surface area contributed by atoms with Crippen LogP contribution in [0.4, 0.5) is 8.63 Å². The van der Waals surface area contributed by atoms with Gasteiger partial charge in [0.25, 0.3) is 0 Å². The van der Waals surface area contributed by atoms with E-state index >= 15 is 0 Å². The van der Waals surface area contributed by atoms with Crippen LogP contribution in [-0.2, 0) is 4.65 Å². The van der Waals surface area contributed by atoms with Crippen LogP contribution in [0.3, 0.4) is 0 Å². The van der Waals surface area contributed by atoms with Crippen LogP contribution in [0, 0.1) is 27.7 Å². The summed E-state index contributed by atoms with van der Waals surface area (Å²) in [4.78, 5) is 18.1. The Hall–Kier alpha value is -2.31. The number of carbonyl (C=O) groups excluding carboxylic acids is 1. The number of nitrogens with one attached hydrogen (secondary N) is 2. The molecule has 0 aliphatic rings. The Morgan fingerprint density at radius 2 is 1.55 bits per heavy atom. The minimum Gasteiger partial charge on any atom is -0.503 e. The normalized spacial score (nSPS) is 11.6. The molecule has 0 atom stereocenters. The van der Waals surface area contributed by atoms with Gasteiger partial charge in [-0.05, 0) is 51.0 Å². The highest BCUT2D eigenvalue weighted by atomic mass is 19.2. The lowest BCUT2D eigenvalue weighted by Gasteiger charge is -2.06. The lowest BCUT2D eigenvalue weighted by molar-refractivity contribution is 0.104. The van der Waals surface area contributed by atoms with Crippen LogP contribution in [0.5, 0.6) is 0 Å². The van der Waals surface area contributed by atoms with Gasteiger partial charge in [-0.25, -0.2) is 8.63 Å². The monoisotopic (exact) mass is 306 g/mol. The first-order chi connectivity index (χ1) is 10.3. The van der Waals surface area contributed by atoms with Crippen LogP contribution in [0.15, 0.2) is 18.2 Å². The van der Waals surface area contributed by atoms with Crippen molar-refractivity contribution in [2.24, 2.45) is 0 Å². The van der Waals surface area contributed by atoms with Crippen molar-refractivity contribution >= 4 is 19.0 Å². The molecule has 0 spiro atoms. The maximum absolute atomic E-state index is 12.6. The third-order valence-corrected chi connectivity index (χ3v) is 3.56. The number of aryl methyl sites for hydroxylation is 4. The van der Waals surface area contributed by atoms with Gasteiger partial charge in [-0.15, -0.1) is 0 Å². The highest BCUT2D eigenvalue weighted by molar-refractivity contribution is 6.36. The molecule has 2 rings (SSSR count). The van der Waals surface area contributed by atoms with E-state index in [0.717, 1.165) is 28.6 Å². The summed E-state index contributed by atoms with van der Waals surface area (Å²) in [5, 5.41) is 0. The van der Waals surface area contributed by atoms with Crippen LogP contribution >= 0.6 is 0 Å². The van der Waals surface area contributed by atoms with Crippen LogP contribution in [-0.4, -0.2) is 23.2 Å². The summed E-state index contributed by atoms with van der Waals surface area (Å²) in [7, 11) is -3.00. The molecule has 7 heteroatoms. The average molecular weight is 306 g/mol. The third kappa shape index (κ3) is 3.47. The summed E-state index contributed by atoms with van der Waals surface area (Å²) >= 11 is 0. The minimum atomic E-state index is -3.00. The molecular weight excluding hydrogens is 289 g/mol. The number of carbonyl (C=O) groups is 1. The Bertz CT molecular complexity index is 693. The zero-order valence-electron chi connectivity index (χ0n) is 12.9. The number of rotatable bonds is 5. The van der Waals surface area contributed by atoms with Gasteiger partial charge in [0.05, 0.1) is 11.4 Å². The van der Waals surface area contributed by atoms with Gasteiger partial charge in [-0.3, -0.25) is 4.79 Å². The van der Waals surface area contributed by atoms with Crippen LogP contribution < -0.4 is 0 Å². The van der Waals surface area contributed by atoms with Gasteiger partial charge >= 0.3 is 7.47 Å². The van der Waals surface area contributed by atoms with E-state index in [0.29, 0.717) is 11.4 Å². The molecule has 22 heavy (non-hydrogen) atoms. The molecule has 0 fully saturated rings. The van der Waals surface area contributed by atoms with Crippen LogP contribution in [0.1, 0.15) is 38.7 Å². The lowest BCUT2D eigenvalue weighted by atomic mass is 10.2. The number of halogens is 2. The Balaban J connectivity index is 2.37. The van der Waals surface area contributed by atoms with Gasteiger partial charge in [0.1, 0.15) is 5.76 Å². The van der Waals surface area contributed by atoms with Gasteiger partial charge in [-0.2, -0.15) is 0 Å². The highest BCUT2D eigenvalue weighted by Gasteiger charge is 2.22. The Labute approximate surface area is 127 Å². The predicted octanol–water partition coefficient (Wildman–Crippen LogP) is 3.74. The SMILES string of the molecule is Cc1cc(C(=O)/C=C(\OB(F)F)c2cc(C)c(C)[nH]2)[nH]c1C. The number of hydrogen-bond donors (Lipinski definition) is 2. The number of hydrogen-bond acceptors (Lipinski definition) is 2. The average Bonchev–Trinajstić information content (AvgIpc) is 2.92. The zero-order chi connectivity index (χ0) is 16.4. The number of aromatic amines is 2. The summed E-state index contributed by atoms with van der Waals surface area (Å²) < 4.78 is 29.7. The van der Waals surface area contributed by atoms with Crippen molar-refractivity contribution in [3.8, 4) is 0 Å². The van der Waals surface area contributed by atoms with E-state index in [1.807, 2.05) is 27.7 Å². The first-order valence-electron chi connectivity index (χ1n) is 6.81. The molecule has 0 saturated carbocycles.